The number of methoxy groups -OCH3 is 2. The molecule has 0 fully saturated rings. The zero-order chi connectivity index (χ0) is 22.8. The fourth-order valence-corrected chi connectivity index (χ4v) is 4.36. The number of nitriles is 1. The smallest absolute Gasteiger partial charge is 0.294 e. The number of aliphatic hydroxyl groups excluding tert-OH is 1. The number of rotatable bonds is 6. The van der Waals surface area contributed by atoms with Crippen molar-refractivity contribution in [3.05, 3.63) is 87.3 Å². The van der Waals surface area contributed by atoms with E-state index >= 15 is 0 Å². The van der Waals surface area contributed by atoms with Crippen molar-refractivity contribution in [3.8, 4) is 17.6 Å². The number of benzene rings is 2. The van der Waals surface area contributed by atoms with Gasteiger partial charge >= 0.3 is 0 Å². The minimum absolute atomic E-state index is 0.0194. The Kier molecular flexibility index (Phi) is 5.67. The Morgan fingerprint density at radius 3 is 2.41 bits per heavy atom. The molecule has 8 heteroatoms. The molecule has 4 rings (SSSR count). The summed E-state index contributed by atoms with van der Waals surface area (Å²) in [5, 5.41) is 21.6. The monoisotopic (exact) mass is 446 g/mol. The summed E-state index contributed by atoms with van der Waals surface area (Å²) in [6.45, 7) is 0. The van der Waals surface area contributed by atoms with Gasteiger partial charge in [0.15, 0.2) is 17.3 Å². The van der Waals surface area contributed by atoms with E-state index < -0.39 is 23.5 Å². The molecule has 7 nitrogen and oxygen atoms in total. The second-order valence-electron chi connectivity index (χ2n) is 6.92. The normalized spacial score (nSPS) is 15.6. The number of nitrogens with zero attached hydrogens (tertiary/aromatic N) is 2. The fourth-order valence-electron chi connectivity index (χ4n) is 3.68. The first-order valence-electron chi connectivity index (χ1n) is 9.57. The van der Waals surface area contributed by atoms with E-state index in [2.05, 4.69) is 0 Å². The third-order valence-electron chi connectivity index (χ3n) is 5.20. The largest absolute Gasteiger partial charge is 0.503 e. The third-order valence-corrected chi connectivity index (χ3v) is 6.06. The predicted molar refractivity (Wildman–Crippen MR) is 119 cm³/mol. The van der Waals surface area contributed by atoms with Crippen molar-refractivity contribution in [1.29, 1.82) is 5.26 Å². The first-order chi connectivity index (χ1) is 15.5. The van der Waals surface area contributed by atoms with Crippen LogP contribution in [0.15, 0.2) is 71.3 Å². The Balaban J connectivity index is 1.89. The third kappa shape index (κ3) is 3.49. The summed E-state index contributed by atoms with van der Waals surface area (Å²) < 4.78 is 10.7. The molecular formula is C24H18N2O5S. The molecule has 1 amide bonds. The predicted octanol–water partition coefficient (Wildman–Crippen LogP) is 4.42. The molecule has 2 heterocycles. The van der Waals surface area contributed by atoms with E-state index in [4.69, 9.17) is 14.7 Å². The maximum atomic E-state index is 13.3. The van der Waals surface area contributed by atoms with E-state index in [9.17, 15) is 14.7 Å². The maximum absolute atomic E-state index is 13.3. The van der Waals surface area contributed by atoms with Crippen molar-refractivity contribution in [2.24, 2.45) is 0 Å². The average Bonchev–Trinajstić information content (AvgIpc) is 3.46. The van der Waals surface area contributed by atoms with Crippen molar-refractivity contribution in [2.45, 2.75) is 6.04 Å². The van der Waals surface area contributed by atoms with Crippen LogP contribution in [0.2, 0.25) is 0 Å². The maximum Gasteiger partial charge on any atom is 0.294 e. The Hall–Kier alpha value is -4.09. The summed E-state index contributed by atoms with van der Waals surface area (Å²) in [6.07, 6.45) is 0. The van der Waals surface area contributed by atoms with Gasteiger partial charge in [0.25, 0.3) is 5.91 Å². The van der Waals surface area contributed by atoms with Crippen LogP contribution in [0.4, 0.5) is 5.69 Å². The van der Waals surface area contributed by atoms with Gasteiger partial charge < -0.3 is 14.6 Å². The molecule has 1 aliphatic rings. The quantitative estimate of drug-likeness (QED) is 0.563. The van der Waals surface area contributed by atoms with Gasteiger partial charge in [0.1, 0.15) is 0 Å². The second kappa shape index (κ2) is 8.57. The van der Waals surface area contributed by atoms with Gasteiger partial charge in [-0.1, -0.05) is 12.1 Å². The van der Waals surface area contributed by atoms with Crippen LogP contribution in [0.3, 0.4) is 0 Å². The molecule has 0 spiro atoms. The van der Waals surface area contributed by atoms with E-state index in [-0.39, 0.29) is 5.57 Å². The van der Waals surface area contributed by atoms with Crippen LogP contribution in [-0.2, 0) is 4.79 Å². The van der Waals surface area contributed by atoms with Gasteiger partial charge in [0, 0.05) is 5.69 Å². The molecule has 1 atom stereocenters. The number of hydrogen-bond donors (Lipinski definition) is 1. The molecule has 1 unspecified atom stereocenters. The summed E-state index contributed by atoms with van der Waals surface area (Å²) in [5.41, 5.74) is 1.41. The number of carbonyl (C=O) groups excluding carboxylic acids is 2. The van der Waals surface area contributed by atoms with E-state index in [0.29, 0.717) is 33.2 Å². The van der Waals surface area contributed by atoms with E-state index in [1.807, 2.05) is 6.07 Å². The van der Waals surface area contributed by atoms with Gasteiger partial charge in [-0.25, -0.2) is 0 Å². The Morgan fingerprint density at radius 2 is 1.81 bits per heavy atom. The zero-order valence-corrected chi connectivity index (χ0v) is 18.1. The average molecular weight is 446 g/mol. The molecule has 0 saturated carbocycles. The number of aliphatic hydroxyl groups is 1. The number of ketones is 1. The number of amides is 1. The minimum atomic E-state index is -0.898. The number of Topliss-reactive ketones (excluding diaryl/α,β-unsaturated/α-hetero) is 1. The number of hydrogen-bond acceptors (Lipinski definition) is 7. The zero-order valence-electron chi connectivity index (χ0n) is 17.2. The van der Waals surface area contributed by atoms with Gasteiger partial charge in [0.05, 0.1) is 42.3 Å². The summed E-state index contributed by atoms with van der Waals surface area (Å²) in [5.74, 6) is -0.819. The van der Waals surface area contributed by atoms with Crippen molar-refractivity contribution >= 4 is 28.7 Å². The molecule has 1 aromatic heterocycles. The molecule has 0 bridgehead atoms. The molecule has 0 radical (unpaired) electrons. The lowest BCUT2D eigenvalue weighted by atomic mass is 9.94. The highest BCUT2D eigenvalue weighted by Gasteiger charge is 2.45. The lowest BCUT2D eigenvalue weighted by molar-refractivity contribution is -0.117. The highest BCUT2D eigenvalue weighted by atomic mass is 32.1. The van der Waals surface area contributed by atoms with Gasteiger partial charge in [-0.05, 0) is 53.4 Å². The van der Waals surface area contributed by atoms with E-state index in [1.165, 1.54) is 30.5 Å². The molecule has 2 aromatic carbocycles. The van der Waals surface area contributed by atoms with Crippen LogP contribution >= 0.6 is 11.3 Å². The number of ether oxygens (including phenoxy) is 2. The molecule has 160 valence electrons. The summed E-state index contributed by atoms with van der Waals surface area (Å²) in [7, 11) is 3.00. The number of thiophene rings is 1. The van der Waals surface area contributed by atoms with Crippen molar-refractivity contribution in [3.63, 3.8) is 0 Å². The Morgan fingerprint density at radius 1 is 1.09 bits per heavy atom. The van der Waals surface area contributed by atoms with Crippen LogP contribution in [0.5, 0.6) is 11.5 Å². The first kappa shape index (κ1) is 21.2. The van der Waals surface area contributed by atoms with Crippen LogP contribution in [0, 0.1) is 11.3 Å². The molecule has 0 saturated heterocycles. The van der Waals surface area contributed by atoms with Gasteiger partial charge in [-0.2, -0.15) is 5.26 Å². The molecule has 3 aromatic rings. The minimum Gasteiger partial charge on any atom is -0.503 e. The second-order valence-corrected chi connectivity index (χ2v) is 7.87. The number of carbonyl (C=O) groups is 2. The summed E-state index contributed by atoms with van der Waals surface area (Å²) in [4.78, 5) is 28.2. The fraction of sp³-hybridized carbons (Fsp3) is 0.125. The van der Waals surface area contributed by atoms with Crippen LogP contribution in [0.1, 0.15) is 26.8 Å². The van der Waals surface area contributed by atoms with Crippen molar-refractivity contribution in [1.82, 2.24) is 0 Å². The molecule has 0 aliphatic carbocycles. The lowest BCUT2D eigenvalue weighted by Gasteiger charge is -2.27. The van der Waals surface area contributed by atoms with Crippen LogP contribution < -0.4 is 14.4 Å². The van der Waals surface area contributed by atoms with E-state index in [1.54, 1.807) is 60.0 Å². The summed E-state index contributed by atoms with van der Waals surface area (Å²) >= 11 is 1.23. The molecular weight excluding hydrogens is 428 g/mol. The highest BCUT2D eigenvalue weighted by Crippen LogP contribution is 2.44. The van der Waals surface area contributed by atoms with Crippen molar-refractivity contribution in [2.75, 3.05) is 19.1 Å². The molecule has 1 N–H and O–H groups in total. The Bertz CT molecular complexity index is 1260. The first-order valence-corrected chi connectivity index (χ1v) is 10.4. The van der Waals surface area contributed by atoms with Gasteiger partial charge in [-0.15, -0.1) is 11.3 Å². The highest BCUT2D eigenvalue weighted by molar-refractivity contribution is 7.12. The standard InChI is InChI=1S/C24H18N2O5S/c1-30-17-10-7-15(12-18(17)31-2)21-20(22(27)19-4-3-11-32-19)23(28)24(29)26(21)16-8-5-14(13-25)6-9-16/h3-12,21,28H,1-2H3. The van der Waals surface area contributed by atoms with Crippen LogP contribution in [0.25, 0.3) is 0 Å². The van der Waals surface area contributed by atoms with Crippen molar-refractivity contribution < 1.29 is 24.2 Å². The molecule has 1 aliphatic heterocycles. The Labute approximate surface area is 188 Å². The SMILES string of the molecule is COc1ccc(C2C(C(=O)c3cccs3)=C(O)C(=O)N2c2ccc(C#N)cc2)cc1OC. The lowest BCUT2D eigenvalue weighted by Crippen LogP contribution is -2.31. The van der Waals surface area contributed by atoms with Crippen LogP contribution in [-0.4, -0.2) is 31.0 Å². The topological polar surface area (TPSA) is 99.9 Å². The van der Waals surface area contributed by atoms with E-state index in [0.717, 1.165) is 0 Å². The number of anilines is 1. The van der Waals surface area contributed by atoms with Gasteiger partial charge in [0.2, 0.25) is 5.78 Å². The van der Waals surface area contributed by atoms with Gasteiger partial charge in [-0.3, -0.25) is 14.5 Å². The summed E-state index contributed by atoms with van der Waals surface area (Å²) in [6, 6.07) is 15.9. The molecule has 32 heavy (non-hydrogen) atoms.